The van der Waals surface area contributed by atoms with E-state index < -0.39 is 86.8 Å². The molecule has 46 heavy (non-hydrogen) atoms. The molecule has 24 heteroatoms. The molecule has 3 saturated heterocycles. The van der Waals surface area contributed by atoms with Crippen LogP contribution >= 0.6 is 13.4 Å². The zero-order chi connectivity index (χ0) is 32.5. The van der Waals surface area contributed by atoms with Gasteiger partial charge in [0.2, 0.25) is 5.95 Å². The molecule has 20 nitrogen and oxygen atoms in total. The molecular formula is C22H24N8O12P2S2. The largest absolute Gasteiger partial charge is 0.387 e. The molecule has 0 aromatic carbocycles. The maximum absolute atomic E-state index is 13.2. The van der Waals surface area contributed by atoms with Crippen LogP contribution in [0.15, 0.2) is 40.7 Å². The Balaban J connectivity index is 1.21. The maximum Gasteiger partial charge on any atom is 0.325 e. The Morgan fingerprint density at radius 3 is 2.37 bits per heavy atom. The van der Waals surface area contributed by atoms with Crippen molar-refractivity contribution < 1.29 is 47.6 Å². The molecule has 7 rings (SSSR count). The summed E-state index contributed by atoms with van der Waals surface area (Å²) in [7, 11) is 0. The highest BCUT2D eigenvalue weighted by Gasteiger charge is 2.52. The number of nitrogens with zero attached hydrogens (tertiary/aromatic N) is 6. The van der Waals surface area contributed by atoms with E-state index in [0.29, 0.717) is 5.52 Å². The highest BCUT2D eigenvalue weighted by Crippen LogP contribution is 2.53. The van der Waals surface area contributed by atoms with Crippen molar-refractivity contribution in [1.29, 1.82) is 0 Å². The molecule has 7 N–H and O–H groups in total. The number of nitrogens with one attached hydrogen (secondary N) is 1. The average molecular weight is 719 g/mol. The predicted octanol–water partition coefficient (Wildman–Crippen LogP) is -1.73. The molecule has 3 aliphatic heterocycles. The van der Waals surface area contributed by atoms with Gasteiger partial charge in [-0.25, -0.2) is 9.97 Å². The smallest absolute Gasteiger partial charge is 0.325 e. The van der Waals surface area contributed by atoms with Gasteiger partial charge in [-0.05, 0) is 29.7 Å². The molecule has 3 fully saturated rings. The summed E-state index contributed by atoms with van der Waals surface area (Å²) >= 11 is 10.4. The minimum Gasteiger partial charge on any atom is -0.387 e. The number of rotatable bonds is 2. The van der Waals surface area contributed by atoms with Crippen LogP contribution in [0.25, 0.3) is 22.1 Å². The molecule has 0 spiro atoms. The van der Waals surface area contributed by atoms with Crippen LogP contribution < -0.4 is 16.9 Å². The zero-order valence-electron chi connectivity index (χ0n) is 22.9. The maximum atomic E-state index is 13.2. The number of nitrogens with two attached hydrogens (primary N) is 1. The van der Waals surface area contributed by atoms with Crippen LogP contribution in [0.3, 0.4) is 0 Å². The molecule has 2 unspecified atom stereocenters. The molecule has 0 aliphatic carbocycles. The third-order valence-corrected chi connectivity index (χ3v) is 10.6. The highest BCUT2D eigenvalue weighted by atomic mass is 32.5. The lowest BCUT2D eigenvalue weighted by atomic mass is 10.1. The number of hydrogen-bond donors (Lipinski definition) is 6. The number of aliphatic hydroxyl groups excluding tert-OH is 2. The number of pyridine rings is 1. The lowest BCUT2D eigenvalue weighted by Crippen LogP contribution is -2.37. The standard InChI is InChI=1S/C22H24N8O12P2S2/c23-22-27-17-12(18(33)28-22)26-7-29(17)21-16-13(31)10(39-21)4-37-43(35,45)41-15-11(5-38-44(36,46)42-16)40-20(14(15)32)30-6-25-9-1-2-24-3-8(9)19(30)34/h1-3,6-7,10-11,13-16,20-21,31-32H,4-5H2,(H,35,45)(H,36,46)(H3,23,27,28,33)/t10-,11-,13-,14-,15-,16-,20-,21-,43?,44?/m1/s1. The topological polar surface area (TPSA) is 274 Å². The number of aromatic nitrogens is 7. The minimum atomic E-state index is -4.27. The third-order valence-electron chi connectivity index (χ3n) is 7.52. The Labute approximate surface area is 266 Å². The number of aliphatic hydroxyl groups is 2. The van der Waals surface area contributed by atoms with Crippen LogP contribution in [0.1, 0.15) is 12.5 Å². The summed E-state index contributed by atoms with van der Waals surface area (Å²) in [4.78, 5) is 66.2. The molecule has 4 aromatic rings. The van der Waals surface area contributed by atoms with Gasteiger partial charge in [0.05, 0.1) is 30.4 Å². The summed E-state index contributed by atoms with van der Waals surface area (Å²) < 4.78 is 36.6. The number of fused-ring (bicyclic) bond motifs is 5. The fourth-order valence-electron chi connectivity index (χ4n) is 5.40. The normalized spacial score (nSPS) is 37.0. The van der Waals surface area contributed by atoms with Crippen LogP contribution in [-0.4, -0.2) is 104 Å². The quantitative estimate of drug-likeness (QED) is 0.126. The first-order valence-corrected chi connectivity index (χ1v) is 18.5. The third kappa shape index (κ3) is 5.73. The van der Waals surface area contributed by atoms with Crippen molar-refractivity contribution in [3.63, 3.8) is 0 Å². The van der Waals surface area contributed by atoms with Crippen molar-refractivity contribution in [2.24, 2.45) is 0 Å². The summed E-state index contributed by atoms with van der Waals surface area (Å²) in [5.74, 6) is -0.226. The first kappa shape index (κ1) is 31.9. The Bertz CT molecular complexity index is 2050. The average Bonchev–Trinajstić information content (AvgIpc) is 3.65. The van der Waals surface area contributed by atoms with Gasteiger partial charge in [-0.15, -0.1) is 0 Å². The number of anilines is 1. The van der Waals surface area contributed by atoms with Crippen molar-refractivity contribution in [3.8, 4) is 0 Å². The van der Waals surface area contributed by atoms with Crippen LogP contribution in [0.4, 0.5) is 5.95 Å². The highest BCUT2D eigenvalue weighted by molar-refractivity contribution is 8.07. The monoisotopic (exact) mass is 718 g/mol. The van der Waals surface area contributed by atoms with Gasteiger partial charge in [0.15, 0.2) is 23.6 Å². The van der Waals surface area contributed by atoms with E-state index in [1.807, 2.05) is 0 Å². The minimum absolute atomic E-state index is 0.0334. The summed E-state index contributed by atoms with van der Waals surface area (Å²) in [5, 5.41) is 22.5. The Hall–Kier alpha value is -2.66. The Kier molecular flexibility index (Phi) is 8.18. The summed E-state index contributed by atoms with van der Waals surface area (Å²) in [6.07, 6.45) is -6.30. The lowest BCUT2D eigenvalue weighted by Gasteiger charge is -2.28. The van der Waals surface area contributed by atoms with Crippen molar-refractivity contribution in [1.82, 2.24) is 34.1 Å². The van der Waals surface area contributed by atoms with Crippen molar-refractivity contribution in [2.75, 3.05) is 18.9 Å². The van der Waals surface area contributed by atoms with Crippen LogP contribution in [0.2, 0.25) is 0 Å². The number of hydrogen-bond acceptors (Lipinski definition) is 17. The van der Waals surface area contributed by atoms with E-state index >= 15 is 0 Å². The number of H-pyrrole nitrogens is 1. The van der Waals surface area contributed by atoms with E-state index in [1.165, 1.54) is 29.4 Å². The van der Waals surface area contributed by atoms with Crippen LogP contribution in [0.5, 0.6) is 0 Å². The van der Waals surface area contributed by atoms with Gasteiger partial charge in [0.25, 0.3) is 11.1 Å². The summed E-state index contributed by atoms with van der Waals surface area (Å²) in [5.41, 5.74) is 4.69. The number of nitrogen functional groups attached to an aromatic ring is 1. The molecule has 246 valence electrons. The Morgan fingerprint density at radius 2 is 1.61 bits per heavy atom. The number of ether oxygens (including phenoxy) is 2. The predicted molar refractivity (Wildman–Crippen MR) is 161 cm³/mol. The number of aromatic amines is 1. The van der Waals surface area contributed by atoms with Crippen molar-refractivity contribution in [3.05, 3.63) is 51.8 Å². The van der Waals surface area contributed by atoms with E-state index in [9.17, 15) is 29.6 Å². The van der Waals surface area contributed by atoms with Gasteiger partial charge in [0.1, 0.15) is 43.0 Å². The second-order valence-corrected chi connectivity index (χ2v) is 16.0. The van der Waals surface area contributed by atoms with E-state index in [0.717, 1.165) is 10.9 Å². The first-order valence-electron chi connectivity index (χ1n) is 13.3. The van der Waals surface area contributed by atoms with Gasteiger partial charge in [-0.2, -0.15) is 4.98 Å². The van der Waals surface area contributed by atoms with Crippen LogP contribution in [0, 0.1) is 0 Å². The van der Waals surface area contributed by atoms with E-state index in [4.69, 9.17) is 56.9 Å². The molecule has 4 aromatic heterocycles. The van der Waals surface area contributed by atoms with Crippen LogP contribution in [-0.2, 0) is 51.2 Å². The zero-order valence-corrected chi connectivity index (χ0v) is 26.4. The van der Waals surface area contributed by atoms with Crippen molar-refractivity contribution >= 4 is 65.1 Å². The van der Waals surface area contributed by atoms with Gasteiger partial charge in [-0.1, -0.05) is 0 Å². The molecular weight excluding hydrogens is 694 g/mol. The van der Waals surface area contributed by atoms with Gasteiger partial charge in [-0.3, -0.25) is 37.7 Å². The van der Waals surface area contributed by atoms with Gasteiger partial charge in [0, 0.05) is 12.4 Å². The molecule has 10 atom stereocenters. The SMILES string of the molecule is Nc1nc2c(ncn2[C@@H]2O[C@@H]3COP(O)(=S)O[C@H]4[C@@H](O)[C@H](n5cnc6ccncc6c5=O)O[C@@H]4COP(O)(=S)O[C@@H]2[C@@H]3O)c(=O)[nH]1. The van der Waals surface area contributed by atoms with Crippen molar-refractivity contribution in [2.45, 2.75) is 49.1 Å². The molecule has 2 bridgehead atoms. The number of imidazole rings is 1. The molecule has 3 aliphatic rings. The second kappa shape index (κ2) is 11.8. The fraction of sp³-hybridized carbons (Fsp3) is 0.455. The first-order chi connectivity index (χ1) is 21.8. The van der Waals surface area contributed by atoms with E-state index in [1.54, 1.807) is 0 Å². The molecule has 0 radical (unpaired) electrons. The van der Waals surface area contributed by atoms with Gasteiger partial charge < -0.3 is 44.3 Å². The lowest BCUT2D eigenvalue weighted by molar-refractivity contribution is -0.0619. The fourth-order valence-corrected chi connectivity index (χ4v) is 8.26. The van der Waals surface area contributed by atoms with E-state index in [-0.39, 0.29) is 22.5 Å². The summed E-state index contributed by atoms with van der Waals surface area (Å²) in [6, 6.07) is 1.53. The van der Waals surface area contributed by atoms with Gasteiger partial charge >= 0.3 is 13.4 Å². The second-order valence-electron chi connectivity index (χ2n) is 10.4. The molecule has 0 amide bonds. The molecule has 7 heterocycles. The molecule has 0 saturated carbocycles. The summed E-state index contributed by atoms with van der Waals surface area (Å²) in [6.45, 7) is -9.67. The van der Waals surface area contributed by atoms with E-state index in [2.05, 4.69) is 24.9 Å². The Morgan fingerprint density at radius 1 is 0.935 bits per heavy atom.